The average molecular weight is 587 g/mol. The lowest BCUT2D eigenvalue weighted by Crippen LogP contribution is -2.43. The maximum Gasteiger partial charge on any atom is 0.338 e. The Hall–Kier alpha value is -1.42. The monoisotopic (exact) mass is 585 g/mol. The summed E-state index contributed by atoms with van der Waals surface area (Å²) < 4.78 is 2.57. The highest BCUT2D eigenvalue weighted by Crippen LogP contribution is 2.42. The normalized spacial score (nSPS) is 15.3. The molecule has 1 saturated heterocycles. The summed E-state index contributed by atoms with van der Waals surface area (Å²) in [4.78, 5) is 17.8. The zero-order valence-electron chi connectivity index (χ0n) is 18.9. The number of fused-ring (bicyclic) bond motifs is 1. The van der Waals surface area contributed by atoms with E-state index in [-0.39, 0.29) is 11.3 Å². The third-order valence-electron chi connectivity index (χ3n) is 6.27. The lowest BCUT2D eigenvalue weighted by Gasteiger charge is -2.32. The number of aromatic nitrogens is 1. The largest absolute Gasteiger partial charge is 0.506 e. The van der Waals surface area contributed by atoms with Crippen LogP contribution in [0.1, 0.15) is 28.5 Å². The first kappa shape index (κ1) is 25.7. The van der Waals surface area contributed by atoms with Crippen molar-refractivity contribution in [2.75, 3.05) is 33.2 Å². The molecule has 2 heterocycles. The number of carbonyl (C=O) groups is 1. The first-order chi connectivity index (χ1) is 16.2. The van der Waals surface area contributed by atoms with Gasteiger partial charge in [0.25, 0.3) is 0 Å². The van der Waals surface area contributed by atoms with Crippen molar-refractivity contribution in [3.8, 4) is 5.75 Å². The van der Waals surface area contributed by atoms with E-state index in [0.717, 1.165) is 36.6 Å². The third-order valence-corrected chi connectivity index (χ3v) is 8.87. The summed E-state index contributed by atoms with van der Waals surface area (Å²) in [5.74, 6) is -0.546. The molecule has 182 valence electrons. The number of halogens is 3. The summed E-state index contributed by atoms with van der Waals surface area (Å²) in [5, 5.41) is 23.0. The molecule has 1 fully saturated rings. The Morgan fingerprint density at radius 1 is 1.18 bits per heavy atom. The van der Waals surface area contributed by atoms with Crippen LogP contribution in [0, 0.1) is 0 Å². The molecule has 1 aromatic heterocycles. The molecular weight excluding hydrogens is 561 g/mol. The number of likely N-dealkylation sites (N-methyl/N-ethyl adjacent to an activating group) is 1. The molecule has 0 aliphatic carbocycles. The van der Waals surface area contributed by atoms with Crippen molar-refractivity contribution in [3.05, 3.63) is 55.6 Å². The van der Waals surface area contributed by atoms with Crippen LogP contribution in [0.15, 0.2) is 33.6 Å². The summed E-state index contributed by atoms with van der Waals surface area (Å²) >= 11 is 17.6. The predicted octanol–water partition coefficient (Wildman–Crippen LogP) is 6.17. The van der Waals surface area contributed by atoms with Crippen LogP contribution in [0.4, 0.5) is 0 Å². The van der Waals surface area contributed by atoms with E-state index in [2.05, 4.69) is 32.8 Å². The van der Waals surface area contributed by atoms with Crippen LogP contribution in [-0.4, -0.2) is 63.8 Å². The summed E-state index contributed by atoms with van der Waals surface area (Å²) in [6.07, 6.45) is 0. The third kappa shape index (κ3) is 4.94. The molecule has 0 amide bonds. The van der Waals surface area contributed by atoms with Gasteiger partial charge in [0.2, 0.25) is 0 Å². The van der Waals surface area contributed by atoms with E-state index in [1.54, 1.807) is 18.2 Å². The van der Waals surface area contributed by atoms with Crippen molar-refractivity contribution < 1.29 is 15.0 Å². The molecule has 0 saturated carbocycles. The lowest BCUT2D eigenvalue weighted by atomic mass is 10.0. The number of carboxylic acid groups (broad SMARTS) is 1. The predicted molar refractivity (Wildman–Crippen MR) is 143 cm³/mol. The number of aromatic hydroxyl groups is 1. The van der Waals surface area contributed by atoms with Gasteiger partial charge in [-0.3, -0.25) is 4.90 Å². The molecule has 10 heteroatoms. The number of thioether (sulfide) groups is 1. The first-order valence-corrected chi connectivity index (χ1v) is 13.5. The molecule has 6 nitrogen and oxygen atoms in total. The number of nitrogens with zero attached hydrogens (tertiary/aromatic N) is 3. The molecule has 2 aromatic carbocycles. The highest BCUT2D eigenvalue weighted by molar-refractivity contribution is 9.10. The van der Waals surface area contributed by atoms with Crippen LogP contribution in [0.25, 0.3) is 10.9 Å². The fraction of sp³-hybridized carbons (Fsp3) is 0.375. The number of hydrogen-bond acceptors (Lipinski definition) is 5. The standard InChI is InChI=1S/C24H26BrCl2N3O3S/c1-3-30-18-11-15(25)22(31)14(12-29-9-7-28(2)8-10-29)20(18)21(24(32)33)19(30)13-34-23-16(26)5-4-6-17(23)27/h4-6,11,31H,3,7-10,12-13H2,1-2H3,(H,32,33). The van der Waals surface area contributed by atoms with E-state index in [9.17, 15) is 15.0 Å². The molecule has 0 unspecified atom stereocenters. The molecular formula is C24H26BrCl2N3O3S. The van der Waals surface area contributed by atoms with E-state index in [4.69, 9.17) is 23.2 Å². The van der Waals surface area contributed by atoms with Gasteiger partial charge in [-0.15, -0.1) is 11.8 Å². The quantitative estimate of drug-likeness (QED) is 0.322. The van der Waals surface area contributed by atoms with Gasteiger partial charge in [0, 0.05) is 66.6 Å². The second-order valence-electron chi connectivity index (χ2n) is 8.37. The van der Waals surface area contributed by atoms with E-state index in [1.807, 2.05) is 17.6 Å². The van der Waals surface area contributed by atoms with Crippen molar-refractivity contribution in [1.29, 1.82) is 0 Å². The Labute approximate surface area is 221 Å². The Kier molecular flexibility index (Phi) is 8.06. The van der Waals surface area contributed by atoms with Crippen LogP contribution in [0.2, 0.25) is 10.0 Å². The second kappa shape index (κ2) is 10.7. The zero-order chi connectivity index (χ0) is 24.6. The Morgan fingerprint density at radius 3 is 2.41 bits per heavy atom. The number of aryl methyl sites for hydroxylation is 1. The van der Waals surface area contributed by atoms with Crippen molar-refractivity contribution in [2.45, 2.75) is 30.7 Å². The fourth-order valence-electron chi connectivity index (χ4n) is 4.48. The highest BCUT2D eigenvalue weighted by atomic mass is 79.9. The van der Waals surface area contributed by atoms with Gasteiger partial charge in [-0.2, -0.15) is 0 Å². The van der Waals surface area contributed by atoms with Gasteiger partial charge in [0.1, 0.15) is 5.75 Å². The Bertz CT molecular complexity index is 1220. The molecule has 1 aliphatic rings. The fourth-order valence-corrected chi connectivity index (χ4v) is 6.65. The maximum atomic E-state index is 12.6. The minimum Gasteiger partial charge on any atom is -0.506 e. The topological polar surface area (TPSA) is 68.9 Å². The number of carboxylic acids is 1. The second-order valence-corrected chi connectivity index (χ2v) is 11.0. The van der Waals surface area contributed by atoms with Gasteiger partial charge >= 0.3 is 5.97 Å². The first-order valence-electron chi connectivity index (χ1n) is 11.0. The SMILES string of the molecule is CCn1c(CSc2c(Cl)cccc2Cl)c(C(=O)O)c2c(CN3CCN(C)CC3)c(O)c(Br)cc21. The van der Waals surface area contributed by atoms with Crippen molar-refractivity contribution >= 4 is 67.8 Å². The van der Waals surface area contributed by atoms with E-state index >= 15 is 0 Å². The number of hydrogen-bond donors (Lipinski definition) is 2. The van der Waals surface area contributed by atoms with Crippen molar-refractivity contribution in [2.24, 2.45) is 0 Å². The van der Waals surface area contributed by atoms with Gasteiger partial charge in [0.05, 0.1) is 25.6 Å². The van der Waals surface area contributed by atoms with Gasteiger partial charge in [-0.1, -0.05) is 29.3 Å². The minimum absolute atomic E-state index is 0.0931. The molecule has 0 bridgehead atoms. The average Bonchev–Trinajstić information content (AvgIpc) is 3.10. The number of aromatic carboxylic acids is 1. The molecule has 0 spiro atoms. The van der Waals surface area contributed by atoms with Crippen LogP contribution in [0.5, 0.6) is 5.75 Å². The number of phenolic OH excluding ortho intramolecular Hbond substituents is 1. The number of rotatable bonds is 7. The van der Waals surface area contributed by atoms with Gasteiger partial charge in [-0.25, -0.2) is 4.79 Å². The smallest absolute Gasteiger partial charge is 0.338 e. The minimum atomic E-state index is -1.01. The van der Waals surface area contributed by atoms with Gasteiger partial charge < -0.3 is 19.7 Å². The number of benzene rings is 2. The number of phenols is 1. The summed E-state index contributed by atoms with van der Waals surface area (Å²) in [5.41, 5.74) is 2.32. The Morgan fingerprint density at radius 2 is 1.82 bits per heavy atom. The van der Waals surface area contributed by atoms with E-state index < -0.39 is 5.97 Å². The molecule has 2 N–H and O–H groups in total. The van der Waals surface area contributed by atoms with Crippen LogP contribution in [0.3, 0.4) is 0 Å². The molecule has 1 aliphatic heterocycles. The highest BCUT2D eigenvalue weighted by Gasteiger charge is 2.28. The maximum absolute atomic E-state index is 12.6. The van der Waals surface area contributed by atoms with Crippen LogP contribution < -0.4 is 0 Å². The molecule has 34 heavy (non-hydrogen) atoms. The van der Waals surface area contributed by atoms with Gasteiger partial charge in [0.15, 0.2) is 0 Å². The molecule has 0 atom stereocenters. The van der Waals surface area contributed by atoms with Crippen LogP contribution >= 0.6 is 50.9 Å². The van der Waals surface area contributed by atoms with Crippen molar-refractivity contribution in [3.63, 3.8) is 0 Å². The number of piperazine rings is 1. The van der Waals surface area contributed by atoms with E-state index in [1.165, 1.54) is 11.8 Å². The summed E-state index contributed by atoms with van der Waals surface area (Å²) in [6, 6.07) is 7.13. The summed E-state index contributed by atoms with van der Waals surface area (Å²) in [7, 11) is 2.09. The van der Waals surface area contributed by atoms with E-state index in [0.29, 0.717) is 50.0 Å². The molecule has 0 radical (unpaired) electrons. The van der Waals surface area contributed by atoms with Gasteiger partial charge in [-0.05, 0) is 48.1 Å². The lowest BCUT2D eigenvalue weighted by molar-refractivity contribution is 0.0697. The Balaban J connectivity index is 1.84. The van der Waals surface area contributed by atoms with Crippen molar-refractivity contribution in [1.82, 2.24) is 14.4 Å². The zero-order valence-corrected chi connectivity index (χ0v) is 22.9. The van der Waals surface area contributed by atoms with Crippen LogP contribution in [-0.2, 0) is 18.8 Å². The summed E-state index contributed by atoms with van der Waals surface area (Å²) in [6.45, 7) is 6.62. The molecule has 4 rings (SSSR count). The molecule has 3 aromatic rings.